The summed E-state index contributed by atoms with van der Waals surface area (Å²) in [5, 5.41) is 0. The monoisotopic (exact) mass is 491 g/mol. The van der Waals surface area contributed by atoms with Crippen LogP contribution in [-0.2, 0) is 0 Å². The average Bonchev–Trinajstić information content (AvgIpc) is 3.00. The topological polar surface area (TPSA) is 12.5 Å². The third-order valence-corrected chi connectivity index (χ3v) is 6.45. The summed E-state index contributed by atoms with van der Waals surface area (Å²) in [5.41, 5.74) is 7.62. The van der Waals surface area contributed by atoms with Gasteiger partial charge < -0.3 is 9.64 Å². The van der Waals surface area contributed by atoms with Crippen LogP contribution in [0.1, 0.15) is 1.37 Å². The maximum Gasteiger partial charge on any atom is 0.128 e. The Morgan fingerprint density at radius 3 is 1.61 bits per heavy atom. The van der Waals surface area contributed by atoms with E-state index in [1.165, 1.54) is 11.1 Å². The zero-order valence-electron chi connectivity index (χ0n) is 21.9. The zero-order chi connectivity index (χ0) is 26.4. The van der Waals surface area contributed by atoms with E-state index < -0.39 is 0 Å². The molecule has 0 saturated carbocycles. The fourth-order valence-corrected chi connectivity index (χ4v) is 4.57. The molecule has 0 aliphatic rings. The van der Waals surface area contributed by atoms with E-state index in [1.807, 2.05) is 78.9 Å². The molecule has 0 unspecified atom stereocenters. The Balaban J connectivity index is 1.23. The van der Waals surface area contributed by atoms with Crippen molar-refractivity contribution in [2.24, 2.45) is 0 Å². The minimum Gasteiger partial charge on any atom is -0.457 e. The molecule has 0 fully saturated rings. The number of hydrogen-bond acceptors (Lipinski definition) is 2. The first-order chi connectivity index (χ1) is 19.2. The number of ether oxygens (including phenoxy) is 1. The van der Waals surface area contributed by atoms with Crippen LogP contribution in [0.5, 0.6) is 11.5 Å². The van der Waals surface area contributed by atoms with Crippen LogP contribution in [0.4, 0.5) is 17.1 Å². The predicted octanol–water partition coefficient (Wildman–Crippen LogP) is 10.3. The molecule has 0 radical (unpaired) electrons. The Labute approximate surface area is 225 Å². The zero-order valence-corrected chi connectivity index (χ0v) is 20.9. The largest absolute Gasteiger partial charge is 0.457 e. The lowest BCUT2D eigenvalue weighted by molar-refractivity contribution is 0.483. The van der Waals surface area contributed by atoms with Gasteiger partial charge in [0, 0.05) is 17.1 Å². The molecule has 0 aromatic heterocycles. The maximum absolute atomic E-state index is 8.10. The Morgan fingerprint density at radius 1 is 0.395 bits per heavy atom. The maximum atomic E-state index is 8.10. The van der Waals surface area contributed by atoms with Gasteiger partial charge in [0.15, 0.2) is 0 Å². The second-order valence-corrected chi connectivity index (χ2v) is 9.00. The molecule has 0 aliphatic carbocycles. The van der Waals surface area contributed by atoms with Gasteiger partial charge in [0.1, 0.15) is 11.5 Å². The summed E-state index contributed by atoms with van der Waals surface area (Å²) < 4.78 is 14.3. The van der Waals surface area contributed by atoms with E-state index in [0.29, 0.717) is 6.04 Å². The summed E-state index contributed by atoms with van der Waals surface area (Å²) in [5.74, 6) is 1.55. The van der Waals surface area contributed by atoms with Crippen LogP contribution in [0, 0.1) is 0 Å². The van der Waals surface area contributed by atoms with Crippen molar-refractivity contribution in [1.29, 1.82) is 0 Å². The SMILES string of the molecule is [3H]c1cccc(N(c2ccccc2)c2ccc(Oc3cccc(-c4ccc(-c5ccccc5)cc4)c3)cc2)c1. The standard InChI is InChI=1S/C36H27NO/c1-4-11-28(12-5-1)29-19-21-30(22-20-29)31-13-10-18-36(27-31)38-35-25-23-34(24-26-35)37(32-14-6-2-7-15-32)33-16-8-3-9-17-33/h1-27H/i6T. The van der Waals surface area contributed by atoms with Crippen LogP contribution < -0.4 is 9.64 Å². The van der Waals surface area contributed by atoms with E-state index in [1.54, 1.807) is 6.07 Å². The lowest BCUT2D eigenvalue weighted by atomic mass is 10.0. The van der Waals surface area contributed by atoms with Gasteiger partial charge in [0.2, 0.25) is 0 Å². The lowest BCUT2D eigenvalue weighted by Crippen LogP contribution is -2.09. The quantitative estimate of drug-likeness (QED) is 0.220. The molecule has 182 valence electrons. The van der Waals surface area contributed by atoms with Crippen molar-refractivity contribution in [1.82, 2.24) is 0 Å². The molecule has 2 heteroatoms. The minimum absolute atomic E-state index is 0.475. The molecule has 6 aromatic carbocycles. The molecular formula is C36H27NO. The van der Waals surface area contributed by atoms with Crippen molar-refractivity contribution in [3.8, 4) is 33.8 Å². The smallest absolute Gasteiger partial charge is 0.128 e. The van der Waals surface area contributed by atoms with Gasteiger partial charge in [0.05, 0.1) is 1.37 Å². The summed E-state index contributed by atoms with van der Waals surface area (Å²) in [6, 6.07) is 53.5. The fourth-order valence-electron chi connectivity index (χ4n) is 4.57. The van der Waals surface area contributed by atoms with E-state index in [0.717, 1.165) is 39.7 Å². The number of para-hydroxylation sites is 2. The number of anilines is 3. The van der Waals surface area contributed by atoms with Gasteiger partial charge in [-0.1, -0.05) is 103 Å². The highest BCUT2D eigenvalue weighted by atomic mass is 16.5. The third-order valence-electron chi connectivity index (χ3n) is 6.45. The predicted molar refractivity (Wildman–Crippen MR) is 159 cm³/mol. The highest BCUT2D eigenvalue weighted by Crippen LogP contribution is 2.36. The van der Waals surface area contributed by atoms with Gasteiger partial charge in [-0.25, -0.2) is 0 Å². The van der Waals surface area contributed by atoms with Gasteiger partial charge in [-0.05, 0) is 82.9 Å². The first-order valence-electron chi connectivity index (χ1n) is 13.2. The van der Waals surface area contributed by atoms with Crippen LogP contribution in [0.2, 0.25) is 0 Å². The van der Waals surface area contributed by atoms with Gasteiger partial charge in [-0.2, -0.15) is 0 Å². The molecule has 0 amide bonds. The molecule has 0 saturated heterocycles. The summed E-state index contributed by atoms with van der Waals surface area (Å²) >= 11 is 0. The summed E-state index contributed by atoms with van der Waals surface area (Å²) in [6.07, 6.45) is 0. The molecule has 38 heavy (non-hydrogen) atoms. The first kappa shape index (κ1) is 22.1. The first-order valence-corrected chi connectivity index (χ1v) is 12.7. The summed E-state index contributed by atoms with van der Waals surface area (Å²) in [6.45, 7) is 0. The molecule has 0 N–H and O–H groups in total. The second kappa shape index (κ2) is 10.9. The van der Waals surface area contributed by atoms with Gasteiger partial charge in [0.25, 0.3) is 0 Å². The van der Waals surface area contributed by atoms with Crippen LogP contribution in [0.15, 0.2) is 164 Å². The van der Waals surface area contributed by atoms with E-state index in [4.69, 9.17) is 6.11 Å². The van der Waals surface area contributed by atoms with Crippen LogP contribution in [-0.4, -0.2) is 0 Å². The molecule has 2 nitrogen and oxygen atoms in total. The minimum atomic E-state index is 0.475. The van der Waals surface area contributed by atoms with Crippen molar-refractivity contribution >= 4 is 17.1 Å². The second-order valence-electron chi connectivity index (χ2n) is 9.00. The average molecular weight is 492 g/mol. The van der Waals surface area contributed by atoms with Gasteiger partial charge >= 0.3 is 0 Å². The van der Waals surface area contributed by atoms with Crippen molar-refractivity contribution < 1.29 is 6.11 Å². The highest BCUT2D eigenvalue weighted by Gasteiger charge is 2.12. The Hall–Kier alpha value is -5.08. The Morgan fingerprint density at radius 2 is 0.921 bits per heavy atom. The number of rotatable bonds is 7. The molecule has 0 spiro atoms. The third kappa shape index (κ3) is 5.21. The summed E-state index contributed by atoms with van der Waals surface area (Å²) in [4.78, 5) is 2.14. The highest BCUT2D eigenvalue weighted by molar-refractivity contribution is 5.76. The van der Waals surface area contributed by atoms with Crippen molar-refractivity contribution in [3.63, 3.8) is 0 Å². The van der Waals surface area contributed by atoms with E-state index >= 15 is 0 Å². The molecule has 0 bridgehead atoms. The van der Waals surface area contributed by atoms with Gasteiger partial charge in [-0.3, -0.25) is 0 Å². The molecule has 0 atom stereocenters. The lowest BCUT2D eigenvalue weighted by Gasteiger charge is -2.25. The van der Waals surface area contributed by atoms with Gasteiger partial charge in [-0.15, -0.1) is 0 Å². The molecule has 6 aromatic rings. The van der Waals surface area contributed by atoms with Crippen LogP contribution >= 0.6 is 0 Å². The summed E-state index contributed by atoms with van der Waals surface area (Å²) in [7, 11) is 0. The molecule has 0 heterocycles. The Kier molecular flexibility index (Phi) is 6.35. The van der Waals surface area contributed by atoms with E-state index in [-0.39, 0.29) is 0 Å². The molecule has 0 aliphatic heterocycles. The molecule has 6 rings (SSSR count). The van der Waals surface area contributed by atoms with E-state index in [2.05, 4.69) is 77.7 Å². The van der Waals surface area contributed by atoms with Crippen molar-refractivity contribution in [3.05, 3.63) is 164 Å². The molecular weight excluding hydrogens is 462 g/mol. The van der Waals surface area contributed by atoms with Crippen LogP contribution in [0.3, 0.4) is 0 Å². The number of hydrogen-bond donors (Lipinski definition) is 0. The normalized spacial score (nSPS) is 11.0. The Bertz CT molecular complexity index is 1660. The number of benzene rings is 6. The fraction of sp³-hybridized carbons (Fsp3) is 0. The van der Waals surface area contributed by atoms with Crippen molar-refractivity contribution in [2.45, 2.75) is 0 Å². The van der Waals surface area contributed by atoms with Crippen molar-refractivity contribution in [2.75, 3.05) is 4.90 Å². The van der Waals surface area contributed by atoms with Crippen LogP contribution in [0.25, 0.3) is 22.3 Å². The van der Waals surface area contributed by atoms with E-state index in [9.17, 15) is 0 Å². The number of nitrogens with zero attached hydrogens (tertiary/aromatic N) is 1.